The smallest absolute Gasteiger partial charge is 0.243 e. The molecule has 128 valence electrons. The third-order valence-corrected chi connectivity index (χ3v) is 5.07. The van der Waals surface area contributed by atoms with Crippen LogP contribution in [0.15, 0.2) is 72.1 Å². The van der Waals surface area contributed by atoms with Crippen molar-refractivity contribution in [2.75, 3.05) is 23.7 Å². The predicted molar refractivity (Wildman–Crippen MR) is 102 cm³/mol. The van der Waals surface area contributed by atoms with E-state index in [9.17, 15) is 9.59 Å². The van der Waals surface area contributed by atoms with Crippen molar-refractivity contribution in [2.24, 2.45) is 0 Å². The lowest BCUT2D eigenvalue weighted by Crippen LogP contribution is -2.44. The average molecular weight is 352 g/mol. The molecule has 0 aliphatic carbocycles. The van der Waals surface area contributed by atoms with Crippen LogP contribution in [0.4, 0.5) is 5.69 Å². The summed E-state index contributed by atoms with van der Waals surface area (Å²) in [6, 6.07) is 17.5. The number of benzene rings is 2. The summed E-state index contributed by atoms with van der Waals surface area (Å²) >= 11 is 1.52. The van der Waals surface area contributed by atoms with Gasteiger partial charge in [0.1, 0.15) is 6.54 Å². The van der Waals surface area contributed by atoms with Gasteiger partial charge in [0, 0.05) is 18.0 Å². The zero-order valence-corrected chi connectivity index (χ0v) is 14.7. The lowest BCUT2D eigenvalue weighted by Gasteiger charge is -2.30. The number of amides is 2. The molecule has 0 spiro atoms. The second-order valence-electron chi connectivity index (χ2n) is 5.78. The van der Waals surface area contributed by atoms with Gasteiger partial charge in [-0.3, -0.25) is 9.59 Å². The van der Waals surface area contributed by atoms with E-state index in [1.165, 1.54) is 11.8 Å². The van der Waals surface area contributed by atoms with E-state index < -0.39 is 0 Å². The number of anilines is 1. The summed E-state index contributed by atoms with van der Waals surface area (Å²) in [6.07, 6.45) is 1.71. The fourth-order valence-electron chi connectivity index (χ4n) is 2.78. The number of hydrogen-bond donors (Lipinski definition) is 0. The van der Waals surface area contributed by atoms with Gasteiger partial charge in [-0.05, 0) is 17.7 Å². The molecule has 0 bridgehead atoms. The predicted octanol–water partition coefficient (Wildman–Crippen LogP) is 3.34. The molecule has 0 saturated heterocycles. The lowest BCUT2D eigenvalue weighted by molar-refractivity contribution is -0.131. The molecular weight excluding hydrogens is 332 g/mol. The molecule has 2 aromatic rings. The highest BCUT2D eigenvalue weighted by Gasteiger charge is 2.27. The lowest BCUT2D eigenvalue weighted by atomic mass is 10.2. The largest absolute Gasteiger partial charge is 0.333 e. The van der Waals surface area contributed by atoms with Gasteiger partial charge in [-0.2, -0.15) is 0 Å². The van der Waals surface area contributed by atoms with Crippen LogP contribution in [0, 0.1) is 0 Å². The number of nitrogens with zero attached hydrogens (tertiary/aromatic N) is 2. The van der Waals surface area contributed by atoms with Crippen molar-refractivity contribution in [2.45, 2.75) is 11.4 Å². The summed E-state index contributed by atoms with van der Waals surface area (Å²) in [5.74, 6) is 0.249. The van der Waals surface area contributed by atoms with Crippen LogP contribution in [0.5, 0.6) is 0 Å². The molecule has 2 aromatic carbocycles. The molecular formula is C20H20N2O2S. The van der Waals surface area contributed by atoms with E-state index in [0.29, 0.717) is 18.8 Å². The zero-order chi connectivity index (χ0) is 17.6. The van der Waals surface area contributed by atoms with E-state index in [1.54, 1.807) is 15.9 Å². The molecule has 25 heavy (non-hydrogen) atoms. The summed E-state index contributed by atoms with van der Waals surface area (Å²) in [4.78, 5) is 29.5. The number of fused-ring (bicyclic) bond motifs is 1. The third-order valence-electron chi connectivity index (χ3n) is 4.02. The first-order valence-electron chi connectivity index (χ1n) is 8.14. The normalized spacial score (nSPS) is 13.3. The summed E-state index contributed by atoms with van der Waals surface area (Å²) in [7, 11) is 0. The summed E-state index contributed by atoms with van der Waals surface area (Å²) in [5, 5.41) is 0. The van der Waals surface area contributed by atoms with Gasteiger partial charge in [-0.15, -0.1) is 18.3 Å². The van der Waals surface area contributed by atoms with Crippen molar-refractivity contribution in [1.29, 1.82) is 0 Å². The molecule has 0 atom stereocenters. The Morgan fingerprint density at radius 3 is 2.64 bits per heavy atom. The molecule has 0 unspecified atom stereocenters. The SMILES string of the molecule is C=CCN(Cc1ccccc1)C(=O)CN1C(=O)CSc2ccccc21. The highest BCUT2D eigenvalue weighted by molar-refractivity contribution is 8.00. The first-order valence-corrected chi connectivity index (χ1v) is 9.12. The quantitative estimate of drug-likeness (QED) is 0.749. The Morgan fingerprint density at radius 1 is 1.16 bits per heavy atom. The van der Waals surface area contributed by atoms with Gasteiger partial charge in [0.15, 0.2) is 0 Å². The monoisotopic (exact) mass is 352 g/mol. The van der Waals surface area contributed by atoms with Crippen LogP contribution in [0.3, 0.4) is 0 Å². The maximum atomic E-state index is 12.8. The Hall–Kier alpha value is -2.53. The summed E-state index contributed by atoms with van der Waals surface area (Å²) in [5.41, 5.74) is 1.87. The Bertz CT molecular complexity index is 776. The minimum Gasteiger partial charge on any atom is -0.333 e. The van der Waals surface area contributed by atoms with Gasteiger partial charge in [-0.1, -0.05) is 48.5 Å². The van der Waals surface area contributed by atoms with Gasteiger partial charge in [0.2, 0.25) is 11.8 Å². The van der Waals surface area contributed by atoms with Gasteiger partial charge < -0.3 is 9.80 Å². The molecule has 1 heterocycles. The maximum absolute atomic E-state index is 12.8. The van der Waals surface area contributed by atoms with E-state index in [1.807, 2.05) is 54.6 Å². The standard InChI is InChI=1S/C20H20N2O2S/c1-2-12-21(13-16-8-4-3-5-9-16)19(23)14-22-17-10-6-7-11-18(17)25-15-20(22)24/h2-11H,1,12-15H2. The van der Waals surface area contributed by atoms with E-state index in [-0.39, 0.29) is 18.4 Å². The minimum atomic E-state index is -0.0844. The number of thioether (sulfide) groups is 1. The number of hydrogen-bond acceptors (Lipinski definition) is 3. The fourth-order valence-corrected chi connectivity index (χ4v) is 3.71. The van der Waals surface area contributed by atoms with Crippen molar-refractivity contribution in [1.82, 2.24) is 4.90 Å². The molecule has 0 fully saturated rings. The van der Waals surface area contributed by atoms with Gasteiger partial charge in [0.05, 0.1) is 11.4 Å². The summed E-state index contributed by atoms with van der Waals surface area (Å²) < 4.78 is 0. The first-order chi connectivity index (χ1) is 12.2. The molecule has 4 nitrogen and oxygen atoms in total. The van der Waals surface area contributed by atoms with Crippen molar-refractivity contribution >= 4 is 29.3 Å². The van der Waals surface area contributed by atoms with Crippen molar-refractivity contribution < 1.29 is 9.59 Å². The van der Waals surface area contributed by atoms with E-state index in [2.05, 4.69) is 6.58 Å². The fraction of sp³-hybridized carbons (Fsp3) is 0.200. The molecule has 5 heteroatoms. The molecule has 1 aliphatic rings. The molecule has 0 aromatic heterocycles. The minimum absolute atomic E-state index is 0.0321. The van der Waals surface area contributed by atoms with Crippen LogP contribution in [0.1, 0.15) is 5.56 Å². The molecule has 1 aliphatic heterocycles. The van der Waals surface area contributed by atoms with Crippen LogP contribution >= 0.6 is 11.8 Å². The number of carbonyl (C=O) groups is 2. The van der Waals surface area contributed by atoms with E-state index in [4.69, 9.17) is 0 Å². The number of para-hydroxylation sites is 1. The molecule has 2 amide bonds. The average Bonchev–Trinajstić information content (AvgIpc) is 2.64. The van der Waals surface area contributed by atoms with Gasteiger partial charge in [0.25, 0.3) is 0 Å². The van der Waals surface area contributed by atoms with Crippen molar-refractivity contribution in [3.63, 3.8) is 0 Å². The Kier molecular flexibility index (Phi) is 5.56. The molecule has 3 rings (SSSR count). The Balaban J connectivity index is 1.77. The van der Waals surface area contributed by atoms with Crippen LogP contribution in [-0.2, 0) is 16.1 Å². The van der Waals surface area contributed by atoms with Gasteiger partial charge in [-0.25, -0.2) is 0 Å². The van der Waals surface area contributed by atoms with Crippen molar-refractivity contribution in [3.05, 3.63) is 72.8 Å². The van der Waals surface area contributed by atoms with Crippen LogP contribution in [0.25, 0.3) is 0 Å². The van der Waals surface area contributed by atoms with E-state index in [0.717, 1.165) is 16.1 Å². The second-order valence-corrected chi connectivity index (χ2v) is 6.80. The van der Waals surface area contributed by atoms with Gasteiger partial charge >= 0.3 is 0 Å². The molecule has 0 N–H and O–H groups in total. The second kappa shape index (κ2) is 8.03. The molecule has 0 radical (unpaired) electrons. The maximum Gasteiger partial charge on any atom is 0.243 e. The molecule has 0 saturated carbocycles. The zero-order valence-electron chi connectivity index (χ0n) is 13.9. The summed E-state index contributed by atoms with van der Waals surface area (Å²) in [6.45, 7) is 4.75. The Morgan fingerprint density at radius 2 is 1.88 bits per heavy atom. The topological polar surface area (TPSA) is 40.6 Å². The van der Waals surface area contributed by atoms with Crippen LogP contribution in [0.2, 0.25) is 0 Å². The van der Waals surface area contributed by atoms with E-state index >= 15 is 0 Å². The van der Waals surface area contributed by atoms with Crippen LogP contribution < -0.4 is 4.90 Å². The van der Waals surface area contributed by atoms with Crippen molar-refractivity contribution in [3.8, 4) is 0 Å². The van der Waals surface area contributed by atoms with Crippen LogP contribution in [-0.4, -0.2) is 35.6 Å². The first kappa shape index (κ1) is 17.3. The number of carbonyl (C=O) groups excluding carboxylic acids is 2. The third kappa shape index (κ3) is 4.12. The highest BCUT2D eigenvalue weighted by Crippen LogP contribution is 2.34. The Labute approximate surface area is 152 Å². The highest BCUT2D eigenvalue weighted by atomic mass is 32.2. The number of rotatable bonds is 6.